The van der Waals surface area contributed by atoms with Gasteiger partial charge >= 0.3 is 12.1 Å². The third-order valence-corrected chi connectivity index (χ3v) is 2.37. The fourth-order valence-corrected chi connectivity index (χ4v) is 1.25. The van der Waals surface area contributed by atoms with Gasteiger partial charge in [-0.15, -0.1) is 0 Å². The Labute approximate surface area is 110 Å². The van der Waals surface area contributed by atoms with Crippen LogP contribution in [0.2, 0.25) is 0 Å². The number of carbonyl (C=O) groups is 2. The highest BCUT2D eigenvalue weighted by atomic mass is 16.5. The van der Waals surface area contributed by atoms with Crippen molar-refractivity contribution >= 4 is 12.1 Å². The third-order valence-electron chi connectivity index (χ3n) is 2.37. The van der Waals surface area contributed by atoms with Crippen LogP contribution < -0.4 is 11.1 Å². The lowest BCUT2D eigenvalue weighted by Crippen LogP contribution is -2.47. The number of hydrogen-bond acceptors (Lipinski definition) is 5. The van der Waals surface area contributed by atoms with Gasteiger partial charge in [0, 0.05) is 6.54 Å². The van der Waals surface area contributed by atoms with Crippen LogP contribution in [-0.2, 0) is 16.1 Å². The fraction of sp³-hybridized carbons (Fsp3) is 0.333. The van der Waals surface area contributed by atoms with Crippen molar-refractivity contribution in [3.05, 3.63) is 35.9 Å². The Kier molecular flexibility index (Phi) is 5.77. The molecule has 5 N–H and O–H groups in total. The highest BCUT2D eigenvalue weighted by molar-refractivity contribution is 5.74. The standard InChI is InChI=1S/C12H16N2O5/c13-10(11(16)17)9(15)6-14-12(18)19-7-8-4-2-1-3-5-8/h1-5,9-10,15H,6-7,13H2,(H,14,18)(H,16,17)/t9-,10+/m1/s1. The molecule has 19 heavy (non-hydrogen) atoms. The number of ether oxygens (including phenoxy) is 1. The number of aliphatic hydroxyl groups is 1. The van der Waals surface area contributed by atoms with Crippen LogP contribution in [0.3, 0.4) is 0 Å². The summed E-state index contributed by atoms with van der Waals surface area (Å²) in [5, 5.41) is 20.1. The number of rotatable bonds is 6. The predicted molar refractivity (Wildman–Crippen MR) is 66.2 cm³/mol. The number of carboxylic acid groups (broad SMARTS) is 1. The van der Waals surface area contributed by atoms with Gasteiger partial charge in [-0.05, 0) is 5.56 Å². The minimum atomic E-state index is -1.45. The molecule has 0 radical (unpaired) electrons. The largest absolute Gasteiger partial charge is 0.480 e. The van der Waals surface area contributed by atoms with Crippen molar-refractivity contribution in [2.75, 3.05) is 6.54 Å². The van der Waals surface area contributed by atoms with Crippen molar-refractivity contribution in [2.24, 2.45) is 5.73 Å². The van der Waals surface area contributed by atoms with Crippen LogP contribution in [0, 0.1) is 0 Å². The van der Waals surface area contributed by atoms with Gasteiger partial charge < -0.3 is 26.0 Å². The topological polar surface area (TPSA) is 122 Å². The van der Waals surface area contributed by atoms with Crippen LogP contribution in [0.4, 0.5) is 4.79 Å². The SMILES string of the molecule is N[C@H](C(=O)O)[C@H](O)CNC(=O)OCc1ccccc1. The summed E-state index contributed by atoms with van der Waals surface area (Å²) in [6, 6.07) is 7.60. The summed E-state index contributed by atoms with van der Waals surface area (Å²) in [6.07, 6.45) is -2.12. The quantitative estimate of drug-likeness (QED) is 0.561. The van der Waals surface area contributed by atoms with Gasteiger partial charge in [-0.1, -0.05) is 30.3 Å². The van der Waals surface area contributed by atoms with Gasteiger partial charge in [0.1, 0.15) is 12.6 Å². The molecule has 0 heterocycles. The molecule has 1 aromatic rings. The van der Waals surface area contributed by atoms with E-state index in [0.717, 1.165) is 5.56 Å². The molecule has 0 aliphatic rings. The third kappa shape index (κ3) is 5.36. The molecule has 1 rings (SSSR count). The van der Waals surface area contributed by atoms with E-state index in [1.165, 1.54) is 0 Å². The molecule has 7 heteroatoms. The number of nitrogens with one attached hydrogen (secondary N) is 1. The van der Waals surface area contributed by atoms with E-state index in [1.54, 1.807) is 12.1 Å². The summed E-state index contributed by atoms with van der Waals surface area (Å²) in [7, 11) is 0. The molecule has 0 bridgehead atoms. The van der Waals surface area contributed by atoms with Gasteiger partial charge in [-0.25, -0.2) is 4.79 Å². The van der Waals surface area contributed by atoms with Gasteiger partial charge in [0.15, 0.2) is 0 Å². The number of alkyl carbamates (subject to hydrolysis) is 1. The first-order valence-corrected chi connectivity index (χ1v) is 5.61. The van der Waals surface area contributed by atoms with Crippen molar-refractivity contribution in [1.82, 2.24) is 5.32 Å². The normalized spacial score (nSPS) is 13.4. The number of aliphatic hydroxyl groups excluding tert-OH is 1. The molecule has 0 aliphatic carbocycles. The lowest BCUT2D eigenvalue weighted by molar-refractivity contribution is -0.141. The van der Waals surface area contributed by atoms with Crippen molar-refractivity contribution < 1.29 is 24.5 Å². The summed E-state index contributed by atoms with van der Waals surface area (Å²) < 4.78 is 4.87. The van der Waals surface area contributed by atoms with Crippen molar-refractivity contribution in [3.63, 3.8) is 0 Å². The van der Waals surface area contributed by atoms with E-state index in [2.05, 4.69) is 5.32 Å². The molecule has 0 aliphatic heterocycles. The summed E-state index contributed by atoms with van der Waals surface area (Å²) >= 11 is 0. The number of amides is 1. The molecular weight excluding hydrogens is 252 g/mol. The highest BCUT2D eigenvalue weighted by Gasteiger charge is 2.22. The molecule has 104 valence electrons. The Morgan fingerprint density at radius 3 is 2.53 bits per heavy atom. The van der Waals surface area contributed by atoms with Crippen molar-refractivity contribution in [2.45, 2.75) is 18.8 Å². The van der Waals surface area contributed by atoms with E-state index < -0.39 is 24.2 Å². The van der Waals surface area contributed by atoms with Crippen LogP contribution in [-0.4, -0.2) is 41.0 Å². The first-order valence-electron chi connectivity index (χ1n) is 5.61. The first kappa shape index (κ1) is 14.9. The lowest BCUT2D eigenvalue weighted by Gasteiger charge is -2.15. The lowest BCUT2D eigenvalue weighted by atomic mass is 10.2. The number of nitrogens with two attached hydrogens (primary N) is 1. The predicted octanol–water partition coefficient (Wildman–Crippen LogP) is -0.314. The van der Waals surface area contributed by atoms with E-state index >= 15 is 0 Å². The zero-order chi connectivity index (χ0) is 14.3. The van der Waals surface area contributed by atoms with E-state index in [1.807, 2.05) is 18.2 Å². The average molecular weight is 268 g/mol. The Hall–Kier alpha value is -2.12. The number of hydrogen-bond donors (Lipinski definition) is 4. The first-order chi connectivity index (χ1) is 9.00. The maximum Gasteiger partial charge on any atom is 0.407 e. The van der Waals surface area contributed by atoms with Crippen LogP contribution >= 0.6 is 0 Å². The van der Waals surface area contributed by atoms with E-state index in [4.69, 9.17) is 15.6 Å². The second kappa shape index (κ2) is 7.34. The van der Waals surface area contributed by atoms with Gasteiger partial charge in [0.25, 0.3) is 0 Å². The van der Waals surface area contributed by atoms with Crippen LogP contribution in [0.1, 0.15) is 5.56 Å². The van der Waals surface area contributed by atoms with Crippen LogP contribution in [0.5, 0.6) is 0 Å². The minimum absolute atomic E-state index is 0.0910. The van der Waals surface area contributed by atoms with Crippen LogP contribution in [0.25, 0.3) is 0 Å². The summed E-state index contributed by atoms with van der Waals surface area (Å²) in [6.45, 7) is -0.200. The smallest absolute Gasteiger partial charge is 0.407 e. The Bertz CT molecular complexity index is 423. The van der Waals surface area contributed by atoms with Gasteiger partial charge in [0.05, 0.1) is 6.10 Å². The average Bonchev–Trinajstić information content (AvgIpc) is 2.42. The maximum absolute atomic E-state index is 11.3. The molecule has 0 aromatic heterocycles. The molecule has 0 fully saturated rings. The molecule has 0 saturated carbocycles. The van der Waals surface area contributed by atoms with Gasteiger partial charge in [-0.3, -0.25) is 4.79 Å². The molecular formula is C12H16N2O5. The fourth-order valence-electron chi connectivity index (χ4n) is 1.25. The van der Waals surface area contributed by atoms with Crippen LogP contribution in [0.15, 0.2) is 30.3 Å². The molecule has 2 atom stereocenters. The Balaban J connectivity index is 2.27. The second-order valence-corrected chi connectivity index (χ2v) is 3.87. The summed E-state index contributed by atoms with van der Waals surface area (Å²) in [4.78, 5) is 21.7. The Morgan fingerprint density at radius 2 is 1.95 bits per heavy atom. The molecule has 0 spiro atoms. The molecule has 1 amide bonds. The number of benzene rings is 1. The van der Waals surface area contributed by atoms with Crippen molar-refractivity contribution in [1.29, 1.82) is 0 Å². The summed E-state index contributed by atoms with van der Waals surface area (Å²) in [5.74, 6) is -1.34. The number of carbonyl (C=O) groups excluding carboxylic acids is 1. The molecule has 0 saturated heterocycles. The zero-order valence-electron chi connectivity index (χ0n) is 10.2. The van der Waals surface area contributed by atoms with E-state index in [0.29, 0.717) is 0 Å². The van der Waals surface area contributed by atoms with E-state index in [-0.39, 0.29) is 13.2 Å². The van der Waals surface area contributed by atoms with E-state index in [9.17, 15) is 14.7 Å². The second-order valence-electron chi connectivity index (χ2n) is 3.87. The number of carboxylic acids is 1. The van der Waals surface area contributed by atoms with Crippen molar-refractivity contribution in [3.8, 4) is 0 Å². The van der Waals surface area contributed by atoms with Gasteiger partial charge in [0.2, 0.25) is 0 Å². The number of aliphatic carboxylic acids is 1. The summed E-state index contributed by atoms with van der Waals surface area (Å²) in [5.41, 5.74) is 5.99. The highest BCUT2D eigenvalue weighted by Crippen LogP contribution is 2.00. The maximum atomic E-state index is 11.3. The minimum Gasteiger partial charge on any atom is -0.480 e. The molecule has 0 unspecified atom stereocenters. The van der Waals surface area contributed by atoms with Gasteiger partial charge in [-0.2, -0.15) is 0 Å². The molecule has 7 nitrogen and oxygen atoms in total. The monoisotopic (exact) mass is 268 g/mol. The Morgan fingerprint density at radius 1 is 1.32 bits per heavy atom. The molecule has 1 aromatic carbocycles. The zero-order valence-corrected chi connectivity index (χ0v) is 10.2.